The summed E-state index contributed by atoms with van der Waals surface area (Å²) in [7, 11) is 0. The highest BCUT2D eigenvalue weighted by molar-refractivity contribution is 7.10. The number of urea groups is 1. The molecule has 0 aliphatic carbocycles. The highest BCUT2D eigenvalue weighted by Gasteiger charge is 2.33. The highest BCUT2D eigenvalue weighted by Crippen LogP contribution is 2.36. The van der Waals surface area contributed by atoms with Crippen molar-refractivity contribution in [2.24, 2.45) is 0 Å². The second kappa shape index (κ2) is 5.01. The molecular weight excluding hydrogens is 323 g/mol. The van der Waals surface area contributed by atoms with Crippen molar-refractivity contribution in [3.05, 3.63) is 33.9 Å². The molecule has 3 amide bonds. The van der Waals surface area contributed by atoms with Crippen LogP contribution in [0.25, 0.3) is 0 Å². The third-order valence-electron chi connectivity index (χ3n) is 2.75. The summed E-state index contributed by atoms with van der Waals surface area (Å²) in [5.74, 6) is -0.340. The lowest BCUT2D eigenvalue weighted by molar-refractivity contribution is -0.116. The average Bonchev–Trinajstić information content (AvgIpc) is 2.97. The van der Waals surface area contributed by atoms with Crippen molar-refractivity contribution in [1.82, 2.24) is 9.59 Å². The van der Waals surface area contributed by atoms with E-state index in [1.54, 1.807) is 6.07 Å². The summed E-state index contributed by atoms with van der Waals surface area (Å²) >= 11 is 12.9. The second-order valence-electron chi connectivity index (χ2n) is 4.01. The molecule has 6 nitrogen and oxygen atoms in total. The number of imide groups is 1. The maximum absolute atomic E-state index is 12.2. The molecule has 0 bridgehead atoms. The minimum absolute atomic E-state index is 0.112. The molecule has 20 heavy (non-hydrogen) atoms. The number of benzene rings is 1. The normalized spacial score (nSPS) is 13.5. The second-order valence-corrected chi connectivity index (χ2v) is 5.61. The summed E-state index contributed by atoms with van der Waals surface area (Å²) in [5, 5.41) is 7.25. The molecule has 0 atom stereocenters. The molecule has 1 aromatic carbocycles. The summed E-state index contributed by atoms with van der Waals surface area (Å²) in [6.45, 7) is 0. The van der Waals surface area contributed by atoms with E-state index in [-0.39, 0.29) is 17.4 Å². The lowest BCUT2D eigenvalue weighted by Crippen LogP contribution is -2.37. The van der Waals surface area contributed by atoms with Crippen LogP contribution < -0.4 is 10.2 Å². The van der Waals surface area contributed by atoms with E-state index >= 15 is 0 Å². The van der Waals surface area contributed by atoms with Gasteiger partial charge in [-0.05, 0) is 17.7 Å². The van der Waals surface area contributed by atoms with Crippen LogP contribution in [0.1, 0.15) is 5.56 Å². The van der Waals surface area contributed by atoms with Gasteiger partial charge >= 0.3 is 6.03 Å². The van der Waals surface area contributed by atoms with Crippen molar-refractivity contribution in [3.63, 3.8) is 0 Å². The molecule has 0 radical (unpaired) electrons. The molecule has 1 N–H and O–H groups in total. The first-order valence-electron chi connectivity index (χ1n) is 5.45. The van der Waals surface area contributed by atoms with E-state index in [2.05, 4.69) is 14.9 Å². The molecule has 102 valence electrons. The minimum atomic E-state index is -0.571. The van der Waals surface area contributed by atoms with Gasteiger partial charge in [0, 0.05) is 11.5 Å². The van der Waals surface area contributed by atoms with Gasteiger partial charge in [-0.2, -0.15) is 0 Å². The van der Waals surface area contributed by atoms with Crippen LogP contribution in [0.3, 0.4) is 0 Å². The first-order chi connectivity index (χ1) is 9.56. The lowest BCUT2D eigenvalue weighted by atomic mass is 10.2. The van der Waals surface area contributed by atoms with Crippen LogP contribution in [0, 0.1) is 0 Å². The number of hydrogen-bond acceptors (Lipinski definition) is 5. The maximum Gasteiger partial charge on any atom is 0.333 e. The molecule has 3 rings (SSSR count). The number of carbonyl (C=O) groups is 2. The van der Waals surface area contributed by atoms with Crippen molar-refractivity contribution in [2.45, 2.75) is 6.42 Å². The van der Waals surface area contributed by atoms with Gasteiger partial charge in [0.25, 0.3) is 0 Å². The molecule has 2 heterocycles. The molecular formula is C11H6Cl2N4O2S. The zero-order chi connectivity index (χ0) is 14.3. The van der Waals surface area contributed by atoms with Gasteiger partial charge in [0.1, 0.15) is 5.00 Å². The highest BCUT2D eigenvalue weighted by atomic mass is 35.5. The van der Waals surface area contributed by atoms with Crippen LogP contribution >= 0.6 is 34.7 Å². The van der Waals surface area contributed by atoms with E-state index in [0.29, 0.717) is 21.3 Å². The Balaban J connectivity index is 1.93. The van der Waals surface area contributed by atoms with Gasteiger partial charge in [0.05, 0.1) is 28.4 Å². The Bertz CT molecular complexity index is 705. The standard InChI is InChI=1S/C11H6Cl2N4O2S/c12-6-1-5-2-10(18)17(8(5)3-7(6)13)11(19)15-9-4-14-16-20-9/h1,3-4H,2H2,(H,15,19). The van der Waals surface area contributed by atoms with Gasteiger partial charge in [-0.3, -0.25) is 10.1 Å². The number of fused-ring (bicyclic) bond motifs is 1. The molecule has 1 aliphatic rings. The number of nitrogens with one attached hydrogen (secondary N) is 1. The Kier molecular flexibility index (Phi) is 3.33. The number of amides is 3. The number of anilines is 2. The summed E-state index contributed by atoms with van der Waals surface area (Å²) in [5.41, 5.74) is 1.11. The third-order valence-corrected chi connectivity index (χ3v) is 4.05. The van der Waals surface area contributed by atoms with Crippen molar-refractivity contribution in [3.8, 4) is 0 Å². The number of hydrogen-bond donors (Lipinski definition) is 1. The van der Waals surface area contributed by atoms with Crippen LogP contribution in [0.4, 0.5) is 15.5 Å². The molecule has 1 aromatic heterocycles. The minimum Gasteiger partial charge on any atom is -0.296 e. The van der Waals surface area contributed by atoms with Crippen LogP contribution in [0.15, 0.2) is 18.3 Å². The Morgan fingerprint density at radius 3 is 2.80 bits per heavy atom. The third kappa shape index (κ3) is 2.24. The predicted octanol–water partition coefficient (Wildman–Crippen LogP) is 2.97. The van der Waals surface area contributed by atoms with Gasteiger partial charge in [-0.25, -0.2) is 9.69 Å². The molecule has 0 unspecified atom stereocenters. The van der Waals surface area contributed by atoms with Crippen LogP contribution in [-0.2, 0) is 11.2 Å². The summed E-state index contributed by atoms with van der Waals surface area (Å²) in [6.07, 6.45) is 1.51. The van der Waals surface area contributed by atoms with Crippen molar-refractivity contribution in [2.75, 3.05) is 10.2 Å². The van der Waals surface area contributed by atoms with Crippen LogP contribution in [-0.4, -0.2) is 21.5 Å². The SMILES string of the molecule is O=C1Cc2cc(Cl)c(Cl)cc2N1C(=O)Nc1cnns1. The predicted molar refractivity (Wildman–Crippen MR) is 76.6 cm³/mol. The fourth-order valence-electron chi connectivity index (χ4n) is 1.91. The summed E-state index contributed by atoms with van der Waals surface area (Å²) in [4.78, 5) is 25.2. The van der Waals surface area contributed by atoms with Crippen LogP contribution in [0.2, 0.25) is 10.0 Å². The van der Waals surface area contributed by atoms with E-state index in [4.69, 9.17) is 23.2 Å². The quantitative estimate of drug-likeness (QED) is 0.873. The van der Waals surface area contributed by atoms with E-state index < -0.39 is 6.03 Å². The first-order valence-corrected chi connectivity index (χ1v) is 6.98. The van der Waals surface area contributed by atoms with Crippen molar-refractivity contribution >= 4 is 57.4 Å². The number of rotatable bonds is 1. The number of nitrogens with zero attached hydrogens (tertiary/aromatic N) is 3. The average molecular weight is 329 g/mol. The molecule has 9 heteroatoms. The molecule has 0 spiro atoms. The Hall–Kier alpha value is -1.70. The van der Waals surface area contributed by atoms with Gasteiger partial charge in [-0.1, -0.05) is 27.7 Å². The van der Waals surface area contributed by atoms with Crippen LogP contribution in [0.5, 0.6) is 0 Å². The zero-order valence-corrected chi connectivity index (χ0v) is 12.1. The molecule has 2 aromatic rings. The molecule has 0 fully saturated rings. The molecule has 0 saturated carbocycles. The van der Waals surface area contributed by atoms with E-state index in [1.807, 2.05) is 0 Å². The Labute approximate surface area is 127 Å². The van der Waals surface area contributed by atoms with E-state index in [0.717, 1.165) is 16.4 Å². The van der Waals surface area contributed by atoms with Gasteiger partial charge < -0.3 is 0 Å². The van der Waals surface area contributed by atoms with E-state index in [9.17, 15) is 9.59 Å². The number of carbonyl (C=O) groups excluding carboxylic acids is 2. The Morgan fingerprint density at radius 2 is 2.10 bits per heavy atom. The maximum atomic E-state index is 12.2. The monoisotopic (exact) mass is 328 g/mol. The smallest absolute Gasteiger partial charge is 0.296 e. The number of aromatic nitrogens is 2. The van der Waals surface area contributed by atoms with E-state index in [1.165, 1.54) is 12.3 Å². The summed E-state index contributed by atoms with van der Waals surface area (Å²) < 4.78 is 3.63. The van der Waals surface area contributed by atoms with Crippen molar-refractivity contribution < 1.29 is 9.59 Å². The Morgan fingerprint density at radius 1 is 1.35 bits per heavy atom. The summed E-state index contributed by atoms with van der Waals surface area (Å²) in [6, 6.07) is 2.53. The van der Waals surface area contributed by atoms with Gasteiger partial charge in [0.2, 0.25) is 5.91 Å². The topological polar surface area (TPSA) is 75.2 Å². The molecule has 0 saturated heterocycles. The molecule has 1 aliphatic heterocycles. The fraction of sp³-hybridized carbons (Fsp3) is 0.0909. The van der Waals surface area contributed by atoms with Gasteiger partial charge in [-0.15, -0.1) is 5.10 Å². The lowest BCUT2D eigenvalue weighted by Gasteiger charge is -2.15. The number of halogens is 2. The largest absolute Gasteiger partial charge is 0.333 e. The van der Waals surface area contributed by atoms with Crippen molar-refractivity contribution in [1.29, 1.82) is 0 Å². The van der Waals surface area contributed by atoms with Gasteiger partial charge in [0.15, 0.2) is 0 Å². The zero-order valence-electron chi connectivity index (χ0n) is 9.76. The first kappa shape index (κ1) is 13.3. The fourth-order valence-corrected chi connectivity index (χ4v) is 2.66.